The molecule has 1 saturated carbocycles. The highest BCUT2D eigenvalue weighted by Crippen LogP contribution is 2.37. The van der Waals surface area contributed by atoms with Gasteiger partial charge in [0.15, 0.2) is 17.7 Å². The number of cyclic esters (lactones) is 1. The second kappa shape index (κ2) is 8.82. The number of halogens is 1. The molecule has 3 aromatic rings. The number of amides is 2. The molecular weight excluding hydrogens is 497 g/mol. The number of carbonyl (C=O) groups is 3. The number of nitrogens with zero attached hydrogens (tertiary/aromatic N) is 4. The zero-order chi connectivity index (χ0) is 26.7. The number of hydrogen-bond acceptors (Lipinski definition) is 7. The minimum Gasteiger partial charge on any atom is -0.477 e. The summed E-state index contributed by atoms with van der Waals surface area (Å²) in [5, 5.41) is 9.40. The molecule has 2 aromatic heterocycles. The summed E-state index contributed by atoms with van der Waals surface area (Å²) in [5.74, 6) is -2.64. The van der Waals surface area contributed by atoms with Gasteiger partial charge in [-0.25, -0.2) is 19.0 Å². The molecule has 1 saturated heterocycles. The van der Waals surface area contributed by atoms with Crippen molar-refractivity contribution in [1.82, 2.24) is 9.55 Å². The van der Waals surface area contributed by atoms with Crippen LogP contribution >= 0.6 is 0 Å². The van der Waals surface area contributed by atoms with E-state index in [0.29, 0.717) is 31.6 Å². The fraction of sp³-hybridized carbons (Fsp3) is 0.346. The molecule has 0 radical (unpaired) electrons. The lowest BCUT2D eigenvalue weighted by atomic mass is 10.0. The van der Waals surface area contributed by atoms with E-state index < -0.39 is 40.9 Å². The summed E-state index contributed by atoms with van der Waals surface area (Å²) in [7, 11) is 0. The van der Waals surface area contributed by atoms with E-state index in [-0.39, 0.29) is 29.4 Å². The van der Waals surface area contributed by atoms with E-state index in [1.54, 1.807) is 10.6 Å². The van der Waals surface area contributed by atoms with Crippen LogP contribution in [0.3, 0.4) is 0 Å². The number of fused-ring (bicyclic) bond motifs is 2. The summed E-state index contributed by atoms with van der Waals surface area (Å²) in [6.45, 7) is 0.941. The van der Waals surface area contributed by atoms with Crippen LogP contribution in [0.5, 0.6) is 0 Å². The normalized spacial score (nSPS) is 19.3. The van der Waals surface area contributed by atoms with E-state index in [2.05, 4.69) is 4.98 Å². The van der Waals surface area contributed by atoms with Crippen LogP contribution in [0, 0.1) is 5.82 Å². The molecule has 38 heavy (non-hydrogen) atoms. The molecular formula is C26H24FN5O6. The molecule has 12 heteroatoms. The highest BCUT2D eigenvalue weighted by Gasteiger charge is 2.36. The van der Waals surface area contributed by atoms with E-state index in [0.717, 1.165) is 30.0 Å². The number of ether oxygens (including phenoxy) is 1. The number of carbonyl (C=O) groups excluding carboxylic acids is 2. The maximum atomic E-state index is 15.3. The van der Waals surface area contributed by atoms with Crippen LogP contribution in [-0.2, 0) is 22.4 Å². The van der Waals surface area contributed by atoms with Crippen molar-refractivity contribution in [3.05, 3.63) is 63.2 Å². The summed E-state index contributed by atoms with van der Waals surface area (Å²) >= 11 is 0. The Morgan fingerprint density at radius 3 is 2.50 bits per heavy atom. The Kier molecular flexibility index (Phi) is 5.55. The van der Waals surface area contributed by atoms with Crippen LogP contribution in [-0.4, -0.2) is 58.4 Å². The third kappa shape index (κ3) is 4.01. The van der Waals surface area contributed by atoms with Gasteiger partial charge in [0.2, 0.25) is 5.43 Å². The molecule has 6 rings (SSSR count). The monoisotopic (exact) mass is 521 g/mol. The van der Waals surface area contributed by atoms with Gasteiger partial charge >= 0.3 is 12.1 Å². The van der Waals surface area contributed by atoms with Gasteiger partial charge in [-0.3, -0.25) is 14.5 Å². The molecule has 11 nitrogen and oxygen atoms in total. The van der Waals surface area contributed by atoms with E-state index in [1.807, 2.05) is 17.0 Å². The summed E-state index contributed by atoms with van der Waals surface area (Å²) in [6, 6.07) is 6.67. The first-order valence-corrected chi connectivity index (χ1v) is 12.3. The predicted octanol–water partition coefficient (Wildman–Crippen LogP) is 1.98. The van der Waals surface area contributed by atoms with Crippen LogP contribution in [0.1, 0.15) is 40.4 Å². The first kappa shape index (κ1) is 23.9. The average Bonchev–Trinajstić information content (AvgIpc) is 3.68. The van der Waals surface area contributed by atoms with Crippen molar-refractivity contribution in [1.29, 1.82) is 0 Å². The number of rotatable bonds is 5. The first-order valence-electron chi connectivity index (χ1n) is 12.3. The largest absolute Gasteiger partial charge is 0.477 e. The van der Waals surface area contributed by atoms with Crippen molar-refractivity contribution in [2.75, 3.05) is 29.4 Å². The summed E-state index contributed by atoms with van der Waals surface area (Å²) in [5.41, 5.74) is 7.00. The fourth-order valence-electron chi connectivity index (χ4n) is 5.16. The topological polar surface area (TPSA) is 148 Å². The molecule has 0 spiro atoms. The summed E-state index contributed by atoms with van der Waals surface area (Å²) < 4.78 is 22.1. The first-order chi connectivity index (χ1) is 18.2. The molecule has 0 bridgehead atoms. The Morgan fingerprint density at radius 1 is 1.11 bits per heavy atom. The SMILES string of the molecule is NC(=O)C1CN(c2ccc3c(c2)CCN(c2nc4c(cc2F)c(=O)c(C(=O)O)cn4C2CC2)CC3)C(=O)O1. The summed E-state index contributed by atoms with van der Waals surface area (Å²) in [4.78, 5) is 55.8. The minimum absolute atomic E-state index is 0.0280. The Labute approximate surface area is 215 Å². The van der Waals surface area contributed by atoms with Gasteiger partial charge in [-0.1, -0.05) is 6.07 Å². The van der Waals surface area contributed by atoms with Crippen molar-refractivity contribution in [2.24, 2.45) is 5.73 Å². The van der Waals surface area contributed by atoms with Gasteiger partial charge in [0.25, 0.3) is 5.91 Å². The second-order valence-corrected chi connectivity index (χ2v) is 9.81. The Balaban J connectivity index is 1.31. The van der Waals surface area contributed by atoms with Crippen molar-refractivity contribution in [2.45, 2.75) is 37.8 Å². The van der Waals surface area contributed by atoms with E-state index in [9.17, 15) is 24.3 Å². The van der Waals surface area contributed by atoms with Crippen LogP contribution in [0.15, 0.2) is 35.3 Å². The number of aromatic nitrogens is 2. The van der Waals surface area contributed by atoms with Crippen LogP contribution < -0.4 is 21.0 Å². The quantitative estimate of drug-likeness (QED) is 0.518. The molecule has 3 aliphatic rings. The zero-order valence-corrected chi connectivity index (χ0v) is 20.2. The summed E-state index contributed by atoms with van der Waals surface area (Å²) in [6.07, 6.45) is 2.46. The second-order valence-electron chi connectivity index (χ2n) is 9.81. The lowest BCUT2D eigenvalue weighted by molar-refractivity contribution is -0.124. The molecule has 1 aliphatic carbocycles. The number of hydrogen-bond donors (Lipinski definition) is 2. The van der Waals surface area contributed by atoms with Gasteiger partial charge in [-0.15, -0.1) is 0 Å². The van der Waals surface area contributed by atoms with Gasteiger partial charge in [0.1, 0.15) is 11.2 Å². The van der Waals surface area contributed by atoms with E-state index in [4.69, 9.17) is 10.5 Å². The zero-order valence-electron chi connectivity index (χ0n) is 20.2. The molecule has 1 atom stereocenters. The van der Waals surface area contributed by atoms with Gasteiger partial charge in [-0.2, -0.15) is 0 Å². The highest BCUT2D eigenvalue weighted by atomic mass is 19.1. The molecule has 1 aromatic carbocycles. The van der Waals surface area contributed by atoms with Crippen molar-refractivity contribution in [3.8, 4) is 0 Å². The number of pyridine rings is 2. The van der Waals surface area contributed by atoms with E-state index in [1.165, 1.54) is 11.1 Å². The van der Waals surface area contributed by atoms with Crippen molar-refractivity contribution >= 4 is 40.5 Å². The van der Waals surface area contributed by atoms with Gasteiger partial charge in [0.05, 0.1) is 11.9 Å². The molecule has 3 N–H and O–H groups in total. The Bertz CT molecular complexity index is 1580. The van der Waals surface area contributed by atoms with Gasteiger partial charge < -0.3 is 25.0 Å². The molecule has 1 unspecified atom stereocenters. The third-order valence-corrected chi connectivity index (χ3v) is 7.34. The molecule has 2 aliphatic heterocycles. The Hall–Kier alpha value is -4.48. The maximum Gasteiger partial charge on any atom is 0.415 e. The standard InChI is InChI=1S/C26H24FN5O6/c27-19-10-17-21(33)18(25(35)36)11-31(15-3-4-15)23(17)29-24(19)30-7-5-13-1-2-16(9-14(13)6-8-30)32-12-20(22(28)34)38-26(32)37/h1-2,9-11,15,20H,3-8,12H2,(H2,28,34)(H,35,36). The molecule has 4 heterocycles. The minimum atomic E-state index is -1.35. The third-order valence-electron chi connectivity index (χ3n) is 7.34. The van der Waals surface area contributed by atoms with Crippen molar-refractivity contribution < 1.29 is 28.6 Å². The van der Waals surface area contributed by atoms with E-state index >= 15 is 4.39 Å². The molecule has 196 valence electrons. The number of nitrogens with two attached hydrogens (primary N) is 1. The van der Waals surface area contributed by atoms with Crippen LogP contribution in [0.2, 0.25) is 0 Å². The maximum absolute atomic E-state index is 15.3. The lowest BCUT2D eigenvalue weighted by Crippen LogP contribution is -2.32. The predicted molar refractivity (Wildman–Crippen MR) is 134 cm³/mol. The smallest absolute Gasteiger partial charge is 0.415 e. The lowest BCUT2D eigenvalue weighted by Gasteiger charge is -2.23. The number of aromatic carboxylic acids is 1. The number of carboxylic acids is 1. The van der Waals surface area contributed by atoms with Gasteiger partial charge in [-0.05, 0) is 55.0 Å². The number of carboxylic acid groups (broad SMARTS) is 1. The fourth-order valence-corrected chi connectivity index (χ4v) is 5.16. The Morgan fingerprint density at radius 2 is 1.84 bits per heavy atom. The average molecular weight is 522 g/mol. The number of benzene rings is 1. The van der Waals surface area contributed by atoms with Crippen LogP contribution in [0.25, 0.3) is 11.0 Å². The number of anilines is 2. The van der Waals surface area contributed by atoms with Gasteiger partial charge in [0, 0.05) is 31.0 Å². The number of primary amides is 1. The van der Waals surface area contributed by atoms with Crippen LogP contribution in [0.4, 0.5) is 20.7 Å². The van der Waals surface area contributed by atoms with Crippen molar-refractivity contribution in [3.63, 3.8) is 0 Å². The molecule has 2 amide bonds. The highest BCUT2D eigenvalue weighted by molar-refractivity contribution is 5.95. The molecule has 2 fully saturated rings.